The van der Waals surface area contributed by atoms with Gasteiger partial charge in [0, 0.05) is 48.4 Å². The molecule has 0 aliphatic carbocycles. The molecule has 0 aliphatic rings. The quantitative estimate of drug-likeness (QED) is 0.190. The molecule has 5 nitrogen and oxygen atoms in total. The number of hydrogen-bond acceptors (Lipinski definition) is 3. The number of aromatic nitrogens is 4. The van der Waals surface area contributed by atoms with E-state index in [0.717, 1.165) is 55.1 Å². The summed E-state index contributed by atoms with van der Waals surface area (Å²) in [5.41, 5.74) is 19.9. The minimum atomic E-state index is 0.762. The second kappa shape index (κ2) is 12.5. The largest absolute Gasteiger partial charge is 0.396 e. The zero-order valence-corrected chi connectivity index (χ0v) is 32.4. The number of anilines is 1. The van der Waals surface area contributed by atoms with Crippen LogP contribution in [0, 0.1) is 0 Å². The van der Waals surface area contributed by atoms with Gasteiger partial charge < -0.3 is 14.9 Å². The number of benzene rings is 7. The molecule has 0 amide bonds. The van der Waals surface area contributed by atoms with E-state index in [4.69, 9.17) is 10.7 Å². The molecule has 2 N–H and O–H groups in total. The van der Waals surface area contributed by atoms with Crippen LogP contribution in [-0.4, -0.2) is 18.7 Å². The van der Waals surface area contributed by atoms with E-state index in [1.54, 1.807) is 11.3 Å². The first-order valence-corrected chi connectivity index (χ1v) is 20.4. The third-order valence-corrected chi connectivity index (χ3v) is 12.9. The first-order valence-electron chi connectivity index (χ1n) is 19.6. The van der Waals surface area contributed by atoms with Gasteiger partial charge in [0.2, 0.25) is 0 Å². The third-order valence-electron chi connectivity index (χ3n) is 11.7. The lowest BCUT2D eigenvalue weighted by Gasteiger charge is -2.10. The molecular weight excluding hydrogens is 727 g/mol. The summed E-state index contributed by atoms with van der Waals surface area (Å²) in [5, 5.41) is 7.13. The number of thiophene rings is 1. The number of allylic oxidation sites excluding steroid dienone is 1. The van der Waals surface area contributed by atoms with E-state index in [-0.39, 0.29) is 0 Å². The highest BCUT2D eigenvalue weighted by Crippen LogP contribution is 2.42. The van der Waals surface area contributed by atoms with Gasteiger partial charge in [0.25, 0.3) is 0 Å². The van der Waals surface area contributed by atoms with Gasteiger partial charge in [-0.3, -0.25) is 4.57 Å². The Balaban J connectivity index is 1.05. The van der Waals surface area contributed by atoms with Crippen LogP contribution in [0.3, 0.4) is 0 Å². The second-order valence-electron chi connectivity index (χ2n) is 14.9. The fourth-order valence-electron chi connectivity index (χ4n) is 9.27. The van der Waals surface area contributed by atoms with Gasteiger partial charge >= 0.3 is 0 Å². The van der Waals surface area contributed by atoms with Gasteiger partial charge in [-0.2, -0.15) is 0 Å². The summed E-state index contributed by atoms with van der Waals surface area (Å²) in [6.07, 6.45) is 4.10. The zero-order valence-electron chi connectivity index (χ0n) is 31.6. The average Bonchev–Trinajstić information content (AvgIpc) is 4.00. The number of hydrogen-bond donors (Lipinski definition) is 1. The number of fused-ring (bicyclic) bond motifs is 10. The summed E-state index contributed by atoms with van der Waals surface area (Å²) in [6, 6.07) is 61.3. The normalized spacial score (nSPS) is 12.2. The van der Waals surface area contributed by atoms with Crippen LogP contribution in [0.1, 0.15) is 12.6 Å². The molecule has 5 heterocycles. The predicted octanol–water partition coefficient (Wildman–Crippen LogP) is 13.9. The third kappa shape index (κ3) is 4.67. The maximum absolute atomic E-state index is 6.72. The summed E-state index contributed by atoms with van der Waals surface area (Å²) < 4.78 is 9.34. The number of rotatable bonds is 5. The van der Waals surface area contributed by atoms with Crippen LogP contribution in [0.15, 0.2) is 176 Å². The molecule has 12 rings (SSSR count). The number of pyridine rings is 1. The van der Waals surface area contributed by atoms with Gasteiger partial charge in [-0.1, -0.05) is 97.1 Å². The van der Waals surface area contributed by atoms with Crippen LogP contribution in [-0.2, 0) is 0 Å². The van der Waals surface area contributed by atoms with Gasteiger partial charge in [-0.15, -0.1) is 11.3 Å². The SMILES string of the molecule is C/C=C\c1c(N)c2ccccc2n1-c1ccc2sc3ccc(-n4c5ccccc5c5cc(-c6cccc7c6c6ccccc6n7-c6ccccc6)ccc54)cc3c2n1. The van der Waals surface area contributed by atoms with E-state index in [9.17, 15) is 0 Å². The molecule has 0 atom stereocenters. The summed E-state index contributed by atoms with van der Waals surface area (Å²) in [4.78, 5) is 5.37. The van der Waals surface area contributed by atoms with Crippen LogP contribution >= 0.6 is 11.3 Å². The Hall–Kier alpha value is -7.41. The van der Waals surface area contributed by atoms with Gasteiger partial charge in [-0.05, 0) is 103 Å². The van der Waals surface area contributed by atoms with Crippen molar-refractivity contribution in [2.24, 2.45) is 0 Å². The lowest BCUT2D eigenvalue weighted by atomic mass is 9.98. The first kappa shape index (κ1) is 32.8. The monoisotopic (exact) mass is 761 g/mol. The van der Waals surface area contributed by atoms with Crippen molar-refractivity contribution in [3.05, 3.63) is 182 Å². The lowest BCUT2D eigenvalue weighted by Crippen LogP contribution is -2.00. The molecule has 0 radical (unpaired) electrons. The highest BCUT2D eigenvalue weighted by molar-refractivity contribution is 7.25. The molecule has 0 saturated heterocycles. The van der Waals surface area contributed by atoms with Gasteiger partial charge in [0.1, 0.15) is 5.82 Å². The van der Waals surface area contributed by atoms with E-state index in [0.29, 0.717) is 0 Å². The Labute approximate surface area is 337 Å². The van der Waals surface area contributed by atoms with Crippen LogP contribution in [0.5, 0.6) is 0 Å². The minimum absolute atomic E-state index is 0.762. The minimum Gasteiger partial charge on any atom is -0.396 e. The number of nitrogen functional groups attached to an aromatic ring is 1. The van der Waals surface area contributed by atoms with E-state index in [2.05, 4.69) is 184 Å². The number of nitrogens with zero attached hydrogens (tertiary/aromatic N) is 4. The molecule has 0 bridgehead atoms. The molecular formula is C52H35N5S. The van der Waals surface area contributed by atoms with Crippen LogP contribution in [0.25, 0.3) is 109 Å². The molecule has 274 valence electrons. The maximum Gasteiger partial charge on any atom is 0.138 e. The molecule has 0 fully saturated rings. The summed E-state index contributed by atoms with van der Waals surface area (Å²) in [6.45, 7) is 2.02. The summed E-state index contributed by atoms with van der Waals surface area (Å²) in [7, 11) is 0. The summed E-state index contributed by atoms with van der Waals surface area (Å²) in [5.74, 6) is 0.852. The van der Waals surface area contributed by atoms with E-state index in [1.165, 1.54) is 59.4 Å². The van der Waals surface area contributed by atoms with Gasteiger partial charge in [-0.25, -0.2) is 4.98 Å². The molecule has 0 spiro atoms. The van der Waals surface area contributed by atoms with Crippen molar-refractivity contribution in [1.29, 1.82) is 0 Å². The molecule has 7 aromatic carbocycles. The lowest BCUT2D eigenvalue weighted by molar-refractivity contribution is 1.05. The topological polar surface area (TPSA) is 53.7 Å². The standard InChI is InChI=1S/C52H35N5S/c1-2-13-46-51(53)38-18-8-11-22-43(38)57(46)49-29-28-48-52(54-49)40-31-34(25-27-47(40)58-48)56-41-20-9-6-16-36(41)39-30-32(24-26-44(39)56)35-19-12-23-45-50(35)37-17-7-10-21-42(37)55(45)33-14-4-3-5-15-33/h2-31H,53H2,1H3/b13-2-. The molecule has 5 aromatic heterocycles. The van der Waals surface area contributed by atoms with Crippen molar-refractivity contribution in [3.63, 3.8) is 0 Å². The van der Waals surface area contributed by atoms with Crippen molar-refractivity contribution in [2.45, 2.75) is 6.92 Å². The van der Waals surface area contributed by atoms with E-state index in [1.807, 2.05) is 19.1 Å². The fourth-order valence-corrected chi connectivity index (χ4v) is 10.3. The Morgan fingerprint density at radius 2 is 1.16 bits per heavy atom. The Morgan fingerprint density at radius 1 is 0.500 bits per heavy atom. The van der Waals surface area contributed by atoms with Gasteiger partial charge in [0.15, 0.2) is 0 Å². The number of para-hydroxylation sites is 4. The zero-order chi connectivity index (χ0) is 38.5. The molecule has 58 heavy (non-hydrogen) atoms. The van der Waals surface area contributed by atoms with Crippen molar-refractivity contribution < 1.29 is 0 Å². The smallest absolute Gasteiger partial charge is 0.138 e. The second-order valence-corrected chi connectivity index (χ2v) is 16.0. The summed E-state index contributed by atoms with van der Waals surface area (Å²) >= 11 is 1.78. The van der Waals surface area contributed by atoms with Crippen molar-refractivity contribution in [3.8, 4) is 28.3 Å². The molecule has 0 unspecified atom stereocenters. The fraction of sp³-hybridized carbons (Fsp3) is 0.0192. The Bertz CT molecular complexity index is 3650. The van der Waals surface area contributed by atoms with Crippen LogP contribution < -0.4 is 5.73 Å². The van der Waals surface area contributed by atoms with Crippen LogP contribution in [0.2, 0.25) is 0 Å². The van der Waals surface area contributed by atoms with E-state index >= 15 is 0 Å². The Kier molecular flexibility index (Phi) is 7.10. The average molecular weight is 762 g/mol. The van der Waals surface area contributed by atoms with Crippen LogP contribution in [0.4, 0.5) is 5.69 Å². The highest BCUT2D eigenvalue weighted by Gasteiger charge is 2.20. The van der Waals surface area contributed by atoms with Gasteiger partial charge in [0.05, 0.1) is 49.2 Å². The van der Waals surface area contributed by atoms with Crippen molar-refractivity contribution in [2.75, 3.05) is 5.73 Å². The van der Waals surface area contributed by atoms with Crippen molar-refractivity contribution in [1.82, 2.24) is 18.7 Å². The van der Waals surface area contributed by atoms with Crippen molar-refractivity contribution >= 4 is 97.9 Å². The first-order chi connectivity index (χ1) is 28.7. The molecule has 6 heteroatoms. The molecule has 12 aromatic rings. The highest BCUT2D eigenvalue weighted by atomic mass is 32.1. The molecule has 0 saturated carbocycles. The Morgan fingerprint density at radius 3 is 1.97 bits per heavy atom. The number of nitrogens with two attached hydrogens (primary N) is 1. The maximum atomic E-state index is 6.72. The van der Waals surface area contributed by atoms with E-state index < -0.39 is 0 Å². The molecule has 0 aliphatic heterocycles. The predicted molar refractivity (Wildman–Crippen MR) is 247 cm³/mol.